The van der Waals surface area contributed by atoms with Crippen LogP contribution < -0.4 is 20.7 Å². The summed E-state index contributed by atoms with van der Waals surface area (Å²) in [4.78, 5) is 59.7. The number of H-pyrrole nitrogens is 1. The highest BCUT2D eigenvalue weighted by Crippen LogP contribution is 2.20. The van der Waals surface area contributed by atoms with Crippen LogP contribution in [0, 0.1) is 0 Å². The summed E-state index contributed by atoms with van der Waals surface area (Å²) < 4.78 is 11.5. The molecule has 1 heterocycles. The maximum atomic E-state index is 13.9. The van der Waals surface area contributed by atoms with E-state index < -0.39 is 42.0 Å². The SMILES string of the molecule is O=C(N[C@H](Cc1cnc[nH]1)C(=O)N[C@@H](Cc1ccc(O)cc1)C(=O)N[C@@H](Cc1ccccc1)C(=O)O)OCc1ccccc1OCc1ccccc1. The number of carboxylic acid groups (broad SMARTS) is 1. The second-order valence-electron chi connectivity index (χ2n) is 12.0. The summed E-state index contributed by atoms with van der Waals surface area (Å²) in [6, 6.07) is 27.8. The first kappa shape index (κ1) is 36.6. The van der Waals surface area contributed by atoms with Crippen molar-refractivity contribution in [2.75, 3.05) is 0 Å². The number of nitrogens with one attached hydrogen (secondary N) is 4. The van der Waals surface area contributed by atoms with Gasteiger partial charge >= 0.3 is 12.1 Å². The van der Waals surface area contributed by atoms with Crippen molar-refractivity contribution < 1.29 is 38.9 Å². The second kappa shape index (κ2) is 18.4. The Hall–Kier alpha value is -6.63. The van der Waals surface area contributed by atoms with Crippen LogP contribution >= 0.6 is 0 Å². The van der Waals surface area contributed by atoms with Gasteiger partial charge in [-0.15, -0.1) is 0 Å². The first-order chi connectivity index (χ1) is 25.2. The van der Waals surface area contributed by atoms with Crippen LogP contribution in [0.4, 0.5) is 4.79 Å². The Labute approximate surface area is 300 Å². The molecule has 0 saturated heterocycles. The Balaban J connectivity index is 1.28. The third-order valence-electron chi connectivity index (χ3n) is 8.06. The topological polar surface area (TPSA) is 192 Å². The number of benzene rings is 4. The molecule has 6 N–H and O–H groups in total. The standard InChI is InChI=1S/C39H39N5O8/c45-31-17-15-27(16-18-31)19-32(36(46)43-34(38(48)49)20-26-9-3-1-4-10-26)42-37(47)33(21-30-22-40-25-41-30)44-39(50)52-24-29-13-7-8-14-35(29)51-23-28-11-5-2-6-12-28/h1-18,22,25,32-34,45H,19-21,23-24H2,(H,40,41)(H,42,47)(H,43,46)(H,44,50)(H,48,49)/t32-,33+,34-/m0/s1. The van der Waals surface area contributed by atoms with Gasteiger partial charge in [-0.25, -0.2) is 14.6 Å². The number of phenolic OH excluding ortho intramolecular Hbond substituents is 1. The average molecular weight is 706 g/mol. The van der Waals surface area contributed by atoms with Crippen LogP contribution in [-0.4, -0.2) is 62.2 Å². The van der Waals surface area contributed by atoms with Crippen LogP contribution in [0.15, 0.2) is 122 Å². The van der Waals surface area contributed by atoms with Gasteiger partial charge < -0.3 is 40.6 Å². The van der Waals surface area contributed by atoms with E-state index in [4.69, 9.17) is 9.47 Å². The summed E-state index contributed by atoms with van der Waals surface area (Å²) in [7, 11) is 0. The van der Waals surface area contributed by atoms with E-state index in [0.717, 1.165) is 5.56 Å². The largest absolute Gasteiger partial charge is 0.508 e. The lowest BCUT2D eigenvalue weighted by Crippen LogP contribution is -2.57. The number of phenols is 1. The Morgan fingerprint density at radius 3 is 1.88 bits per heavy atom. The lowest BCUT2D eigenvalue weighted by molar-refractivity contribution is -0.142. The normalized spacial score (nSPS) is 12.5. The molecular weight excluding hydrogens is 666 g/mol. The molecule has 52 heavy (non-hydrogen) atoms. The number of nitrogens with zero attached hydrogens (tertiary/aromatic N) is 1. The van der Waals surface area contributed by atoms with Crippen LogP contribution in [0.1, 0.15) is 27.9 Å². The highest BCUT2D eigenvalue weighted by molar-refractivity contribution is 5.93. The lowest BCUT2D eigenvalue weighted by Gasteiger charge is -2.24. The zero-order valence-corrected chi connectivity index (χ0v) is 28.1. The molecule has 0 aliphatic carbocycles. The number of carbonyl (C=O) groups excluding carboxylic acids is 3. The number of hydrogen-bond donors (Lipinski definition) is 6. The van der Waals surface area contributed by atoms with Crippen LogP contribution in [-0.2, 0) is 51.6 Å². The minimum atomic E-state index is -1.29. The van der Waals surface area contributed by atoms with Gasteiger partial charge in [0.1, 0.15) is 42.8 Å². The first-order valence-electron chi connectivity index (χ1n) is 16.5. The molecule has 0 unspecified atom stereocenters. The molecule has 0 fully saturated rings. The van der Waals surface area contributed by atoms with E-state index in [-0.39, 0.29) is 31.6 Å². The average Bonchev–Trinajstić information content (AvgIpc) is 3.67. The predicted molar refractivity (Wildman–Crippen MR) is 190 cm³/mol. The molecule has 268 valence electrons. The molecule has 3 amide bonds. The van der Waals surface area contributed by atoms with Gasteiger partial charge in [0.2, 0.25) is 11.8 Å². The van der Waals surface area contributed by atoms with E-state index >= 15 is 0 Å². The highest BCUT2D eigenvalue weighted by atomic mass is 16.5. The molecule has 0 aliphatic rings. The van der Waals surface area contributed by atoms with E-state index in [0.29, 0.717) is 34.7 Å². The van der Waals surface area contributed by atoms with E-state index in [9.17, 15) is 29.4 Å². The molecule has 0 aliphatic heterocycles. The number of carboxylic acids is 1. The molecule has 13 nitrogen and oxygen atoms in total. The van der Waals surface area contributed by atoms with E-state index in [1.165, 1.54) is 24.7 Å². The van der Waals surface area contributed by atoms with Crippen molar-refractivity contribution in [3.8, 4) is 11.5 Å². The molecule has 0 saturated carbocycles. The maximum absolute atomic E-state index is 13.9. The molecule has 3 atom stereocenters. The Kier molecular flexibility index (Phi) is 13.0. The number of carbonyl (C=O) groups is 4. The van der Waals surface area contributed by atoms with E-state index in [1.54, 1.807) is 66.7 Å². The number of alkyl carbamates (subject to hydrolysis) is 1. The first-order valence-corrected chi connectivity index (χ1v) is 16.5. The minimum Gasteiger partial charge on any atom is -0.508 e. The Morgan fingerprint density at radius 1 is 0.654 bits per heavy atom. The van der Waals surface area contributed by atoms with Gasteiger partial charge in [0.05, 0.1) is 6.33 Å². The van der Waals surface area contributed by atoms with E-state index in [2.05, 4.69) is 25.9 Å². The van der Waals surface area contributed by atoms with E-state index in [1.807, 2.05) is 30.3 Å². The number of aromatic amines is 1. The molecule has 1 aromatic heterocycles. The van der Waals surface area contributed by atoms with Gasteiger partial charge in [-0.05, 0) is 34.9 Å². The maximum Gasteiger partial charge on any atom is 0.408 e. The molecular formula is C39H39N5O8. The number of ether oxygens (including phenoxy) is 2. The zero-order valence-electron chi connectivity index (χ0n) is 28.1. The smallest absolute Gasteiger partial charge is 0.408 e. The highest BCUT2D eigenvalue weighted by Gasteiger charge is 2.31. The fourth-order valence-corrected chi connectivity index (χ4v) is 5.32. The third-order valence-corrected chi connectivity index (χ3v) is 8.06. The zero-order chi connectivity index (χ0) is 36.7. The Morgan fingerprint density at radius 2 is 1.23 bits per heavy atom. The summed E-state index contributed by atoms with van der Waals surface area (Å²) >= 11 is 0. The Bertz CT molecular complexity index is 1900. The van der Waals surface area contributed by atoms with Crippen molar-refractivity contribution in [3.63, 3.8) is 0 Å². The monoisotopic (exact) mass is 705 g/mol. The van der Waals surface area contributed by atoms with Gasteiger partial charge in [0.15, 0.2) is 0 Å². The van der Waals surface area contributed by atoms with Crippen molar-refractivity contribution in [1.82, 2.24) is 25.9 Å². The lowest BCUT2D eigenvalue weighted by atomic mass is 10.0. The number of aliphatic carboxylic acids is 1. The number of aromatic nitrogens is 2. The molecule has 0 radical (unpaired) electrons. The van der Waals surface area contributed by atoms with Gasteiger partial charge in [-0.2, -0.15) is 0 Å². The van der Waals surface area contributed by atoms with Gasteiger partial charge in [-0.1, -0.05) is 91.0 Å². The third kappa shape index (κ3) is 11.2. The summed E-state index contributed by atoms with van der Waals surface area (Å²) in [6.07, 6.45) is 1.96. The summed E-state index contributed by atoms with van der Waals surface area (Å²) in [5.41, 5.74) is 3.38. The number of imidazole rings is 1. The molecule has 5 rings (SSSR count). The number of para-hydroxylation sites is 1. The van der Waals surface area contributed by atoms with Crippen LogP contribution in [0.3, 0.4) is 0 Å². The molecule has 0 spiro atoms. The molecule has 5 aromatic rings. The second-order valence-corrected chi connectivity index (χ2v) is 12.0. The molecule has 13 heteroatoms. The number of amides is 3. The fraction of sp³-hybridized carbons (Fsp3) is 0.205. The van der Waals surface area contributed by atoms with Gasteiger partial charge in [0, 0.05) is 36.7 Å². The summed E-state index contributed by atoms with van der Waals surface area (Å²) in [5.74, 6) is -2.19. The quantitative estimate of drug-likeness (QED) is 0.0828. The molecule has 0 bridgehead atoms. The van der Waals surface area contributed by atoms with Crippen molar-refractivity contribution >= 4 is 23.9 Å². The van der Waals surface area contributed by atoms with Gasteiger partial charge in [0.25, 0.3) is 0 Å². The van der Waals surface area contributed by atoms with Crippen molar-refractivity contribution in [2.24, 2.45) is 0 Å². The number of hydrogen-bond acceptors (Lipinski definition) is 8. The minimum absolute atomic E-state index is 0.00954. The number of rotatable bonds is 17. The summed E-state index contributed by atoms with van der Waals surface area (Å²) in [5, 5.41) is 27.5. The van der Waals surface area contributed by atoms with Crippen molar-refractivity contribution in [3.05, 3.63) is 150 Å². The van der Waals surface area contributed by atoms with Gasteiger partial charge in [-0.3, -0.25) is 9.59 Å². The summed E-state index contributed by atoms with van der Waals surface area (Å²) in [6.45, 7) is 0.161. The fourth-order valence-electron chi connectivity index (χ4n) is 5.32. The van der Waals surface area contributed by atoms with Crippen molar-refractivity contribution in [1.29, 1.82) is 0 Å². The van der Waals surface area contributed by atoms with Crippen molar-refractivity contribution in [2.45, 2.75) is 50.6 Å². The van der Waals surface area contributed by atoms with Crippen LogP contribution in [0.25, 0.3) is 0 Å². The van der Waals surface area contributed by atoms with Crippen LogP contribution in [0.5, 0.6) is 11.5 Å². The van der Waals surface area contributed by atoms with Crippen LogP contribution in [0.2, 0.25) is 0 Å². The molecule has 4 aromatic carbocycles. The number of aromatic hydroxyl groups is 1. The predicted octanol–water partition coefficient (Wildman–Crippen LogP) is 4.07.